The van der Waals surface area contributed by atoms with Gasteiger partial charge in [0.15, 0.2) is 10.9 Å². The van der Waals surface area contributed by atoms with E-state index in [1.54, 1.807) is 22.7 Å². The monoisotopic (exact) mass is 516 g/mol. The van der Waals surface area contributed by atoms with E-state index >= 15 is 0 Å². The minimum atomic E-state index is -0.367. The van der Waals surface area contributed by atoms with Crippen LogP contribution in [0.1, 0.15) is 21.7 Å². The van der Waals surface area contributed by atoms with Gasteiger partial charge >= 0.3 is 0 Å². The van der Waals surface area contributed by atoms with Gasteiger partial charge in [0.25, 0.3) is 5.91 Å². The summed E-state index contributed by atoms with van der Waals surface area (Å²) in [5.41, 5.74) is 3.03. The van der Waals surface area contributed by atoms with Crippen molar-refractivity contribution >= 4 is 61.2 Å². The van der Waals surface area contributed by atoms with E-state index in [0.717, 1.165) is 37.1 Å². The van der Waals surface area contributed by atoms with E-state index in [2.05, 4.69) is 41.9 Å². The van der Waals surface area contributed by atoms with E-state index in [9.17, 15) is 4.79 Å². The van der Waals surface area contributed by atoms with E-state index < -0.39 is 0 Å². The number of aromatic nitrogens is 4. The van der Waals surface area contributed by atoms with Crippen molar-refractivity contribution in [3.8, 4) is 16.3 Å². The van der Waals surface area contributed by atoms with Gasteiger partial charge in [0.05, 0.1) is 12.7 Å². The first-order valence-corrected chi connectivity index (χ1v) is 11.1. The Morgan fingerprint density at radius 1 is 1.19 bits per heavy atom. The number of benzene rings is 2. The number of rotatable bonds is 4. The lowest BCUT2D eigenvalue weighted by Crippen LogP contribution is -2.34. The number of aryl methyl sites for hydroxylation is 2. The summed E-state index contributed by atoms with van der Waals surface area (Å²) < 4.78 is 7.75. The van der Waals surface area contributed by atoms with Crippen LogP contribution in [0.5, 0.6) is 5.75 Å². The number of anilines is 1. The Morgan fingerprint density at radius 3 is 2.74 bits per heavy atom. The number of thiocarbonyl (C=S) groups is 1. The fraction of sp³-hybridized carbons (Fsp3) is 0.150. The molecule has 2 aromatic carbocycles. The summed E-state index contributed by atoms with van der Waals surface area (Å²) >= 11 is 10.2. The van der Waals surface area contributed by atoms with Gasteiger partial charge in [-0.25, -0.2) is 0 Å². The highest BCUT2D eigenvalue weighted by Gasteiger charge is 2.16. The van der Waals surface area contributed by atoms with Gasteiger partial charge in [-0.1, -0.05) is 39.4 Å². The normalized spacial score (nSPS) is 10.8. The summed E-state index contributed by atoms with van der Waals surface area (Å²) in [7, 11) is 1.51. The Labute approximate surface area is 195 Å². The number of ether oxygens (including phenoxy) is 1. The van der Waals surface area contributed by atoms with Crippen LogP contribution in [0.25, 0.3) is 15.5 Å². The van der Waals surface area contributed by atoms with Crippen LogP contribution in [0.4, 0.5) is 5.69 Å². The summed E-state index contributed by atoms with van der Waals surface area (Å²) in [6.07, 6.45) is 0. The summed E-state index contributed by atoms with van der Waals surface area (Å²) in [6.45, 7) is 3.81. The Morgan fingerprint density at radius 2 is 2.00 bits per heavy atom. The maximum Gasteiger partial charge on any atom is 0.261 e. The Balaban J connectivity index is 1.53. The molecule has 2 aromatic heterocycles. The van der Waals surface area contributed by atoms with E-state index in [0.29, 0.717) is 11.3 Å². The Bertz CT molecular complexity index is 1320. The van der Waals surface area contributed by atoms with E-state index in [1.165, 1.54) is 18.4 Å². The predicted molar refractivity (Wildman–Crippen MR) is 128 cm³/mol. The summed E-state index contributed by atoms with van der Waals surface area (Å²) in [5.74, 6) is 0.823. The molecule has 0 unspecified atom stereocenters. The number of halogens is 1. The second kappa shape index (κ2) is 8.69. The molecule has 158 valence electrons. The summed E-state index contributed by atoms with van der Waals surface area (Å²) in [4.78, 5) is 13.4. The minimum absolute atomic E-state index is 0.182. The number of amides is 1. The van der Waals surface area contributed by atoms with Gasteiger partial charge in [-0.05, 0) is 55.9 Å². The third-order valence-electron chi connectivity index (χ3n) is 4.51. The average Bonchev–Trinajstić information content (AvgIpc) is 3.31. The number of hydrogen-bond donors (Lipinski definition) is 2. The van der Waals surface area contributed by atoms with E-state index in [4.69, 9.17) is 17.0 Å². The van der Waals surface area contributed by atoms with Crippen LogP contribution in [0, 0.1) is 13.8 Å². The minimum Gasteiger partial charge on any atom is -0.496 e. The zero-order valence-electron chi connectivity index (χ0n) is 16.8. The molecule has 0 aliphatic rings. The zero-order valence-corrected chi connectivity index (χ0v) is 20.0. The Kier molecular flexibility index (Phi) is 5.99. The van der Waals surface area contributed by atoms with Crippen molar-refractivity contribution in [1.29, 1.82) is 0 Å². The molecule has 0 atom stereocenters. The van der Waals surface area contributed by atoms with Crippen molar-refractivity contribution in [2.75, 3.05) is 12.4 Å². The number of hydrogen-bond acceptors (Lipinski definition) is 7. The fourth-order valence-electron chi connectivity index (χ4n) is 2.90. The third-order valence-corrected chi connectivity index (χ3v) is 6.16. The summed E-state index contributed by atoms with van der Waals surface area (Å²) in [6, 6.07) is 11.1. The third kappa shape index (κ3) is 4.43. The van der Waals surface area contributed by atoms with Crippen LogP contribution in [0.2, 0.25) is 0 Å². The highest BCUT2D eigenvalue weighted by Crippen LogP contribution is 2.29. The van der Waals surface area contributed by atoms with Gasteiger partial charge in [-0.15, -0.1) is 10.2 Å². The van der Waals surface area contributed by atoms with Crippen molar-refractivity contribution in [3.63, 3.8) is 0 Å². The predicted octanol–water partition coefficient (Wildman–Crippen LogP) is 4.37. The lowest BCUT2D eigenvalue weighted by molar-refractivity contribution is 0.0974. The second-order valence-corrected chi connectivity index (χ2v) is 8.91. The van der Waals surface area contributed by atoms with E-state index in [-0.39, 0.29) is 11.0 Å². The number of nitrogens with one attached hydrogen (secondary N) is 2. The molecule has 11 heteroatoms. The van der Waals surface area contributed by atoms with Crippen molar-refractivity contribution in [2.45, 2.75) is 13.8 Å². The van der Waals surface area contributed by atoms with Crippen molar-refractivity contribution in [1.82, 2.24) is 25.1 Å². The van der Waals surface area contributed by atoms with Gasteiger partial charge in [-0.3, -0.25) is 10.1 Å². The summed E-state index contributed by atoms with van der Waals surface area (Å²) in [5, 5.41) is 19.5. The quantitative estimate of drug-likeness (QED) is 0.389. The molecule has 1 amide bonds. The first-order valence-electron chi connectivity index (χ1n) is 9.11. The van der Waals surface area contributed by atoms with Gasteiger partial charge in [0.2, 0.25) is 4.96 Å². The first kappa shape index (κ1) is 21.3. The van der Waals surface area contributed by atoms with Crippen LogP contribution >= 0.6 is 39.5 Å². The molecule has 0 fully saturated rings. The lowest BCUT2D eigenvalue weighted by atomic mass is 10.1. The van der Waals surface area contributed by atoms with Gasteiger partial charge in [-0.2, -0.15) is 9.61 Å². The van der Waals surface area contributed by atoms with E-state index in [1.807, 2.05) is 32.0 Å². The van der Waals surface area contributed by atoms with Crippen molar-refractivity contribution in [3.05, 3.63) is 57.8 Å². The van der Waals surface area contributed by atoms with Gasteiger partial charge in [0, 0.05) is 15.7 Å². The number of methoxy groups -OCH3 is 1. The largest absolute Gasteiger partial charge is 0.496 e. The molecule has 2 heterocycles. The molecule has 0 aliphatic carbocycles. The lowest BCUT2D eigenvalue weighted by Gasteiger charge is -2.14. The molecule has 0 saturated carbocycles. The molecular formula is C20H17BrN6O2S2. The molecule has 0 saturated heterocycles. The van der Waals surface area contributed by atoms with Gasteiger partial charge in [0.1, 0.15) is 10.8 Å². The molecule has 0 aliphatic heterocycles. The van der Waals surface area contributed by atoms with Crippen molar-refractivity contribution in [2.24, 2.45) is 0 Å². The zero-order chi connectivity index (χ0) is 22.1. The molecule has 4 aromatic rings. The average molecular weight is 517 g/mol. The first-order chi connectivity index (χ1) is 14.9. The smallest absolute Gasteiger partial charge is 0.261 e. The van der Waals surface area contributed by atoms with Crippen LogP contribution in [0.15, 0.2) is 40.9 Å². The molecule has 0 bridgehead atoms. The number of carbonyl (C=O) groups excluding carboxylic acids is 1. The van der Waals surface area contributed by atoms with Crippen LogP contribution in [0.3, 0.4) is 0 Å². The number of nitrogens with zero attached hydrogens (tertiary/aromatic N) is 4. The Hall–Kier alpha value is -2.89. The van der Waals surface area contributed by atoms with Crippen LogP contribution in [-0.2, 0) is 0 Å². The number of carbonyl (C=O) groups is 1. The molecule has 2 N–H and O–H groups in total. The molecule has 0 radical (unpaired) electrons. The highest BCUT2D eigenvalue weighted by atomic mass is 79.9. The van der Waals surface area contributed by atoms with Gasteiger partial charge < -0.3 is 10.1 Å². The second-order valence-electron chi connectivity index (χ2n) is 6.63. The fourth-order valence-corrected chi connectivity index (χ4v) is 4.35. The number of fused-ring (bicyclic) bond motifs is 1. The molecule has 31 heavy (non-hydrogen) atoms. The highest BCUT2D eigenvalue weighted by molar-refractivity contribution is 9.10. The van der Waals surface area contributed by atoms with Crippen molar-refractivity contribution < 1.29 is 9.53 Å². The maximum atomic E-state index is 12.7. The maximum absolute atomic E-state index is 12.7. The molecule has 8 nitrogen and oxygen atoms in total. The molecule has 0 spiro atoms. The van der Waals surface area contributed by atoms with Crippen LogP contribution < -0.4 is 15.4 Å². The SMILES string of the molecule is COc1ccc(Br)cc1C(=O)NC(=S)Nc1cc(-c2nn3c(C)nnc3s2)ccc1C. The molecule has 4 rings (SSSR count). The topological polar surface area (TPSA) is 93.4 Å². The molecular weight excluding hydrogens is 500 g/mol. The standard InChI is InChI=1S/C20H17BrN6O2S2/c1-10-4-5-12(18-26-27-11(2)24-25-20(27)31-18)8-15(10)22-19(30)23-17(28)14-9-13(21)6-7-16(14)29-3/h4-9H,1-3H3,(H2,22,23,28,30). The van der Waals surface area contributed by atoms with Crippen LogP contribution in [-0.4, -0.2) is 37.9 Å².